The third-order valence-electron chi connectivity index (χ3n) is 5.36. The van der Waals surface area contributed by atoms with E-state index in [0.29, 0.717) is 34.0 Å². The van der Waals surface area contributed by atoms with E-state index in [1.165, 1.54) is 0 Å². The minimum absolute atomic E-state index is 0.0499. The molecule has 34 heavy (non-hydrogen) atoms. The van der Waals surface area contributed by atoms with Crippen LogP contribution in [0.15, 0.2) is 76.1 Å². The summed E-state index contributed by atoms with van der Waals surface area (Å²) >= 11 is 5.88. The van der Waals surface area contributed by atoms with Crippen molar-refractivity contribution in [1.82, 2.24) is 9.88 Å². The predicted octanol–water partition coefficient (Wildman–Crippen LogP) is 4.12. The van der Waals surface area contributed by atoms with Crippen molar-refractivity contribution in [2.75, 3.05) is 0 Å². The Bertz CT molecular complexity index is 1430. The summed E-state index contributed by atoms with van der Waals surface area (Å²) < 4.78 is 7.41. The zero-order valence-electron chi connectivity index (χ0n) is 18.5. The van der Waals surface area contributed by atoms with Crippen LogP contribution in [0.5, 0.6) is 0 Å². The van der Waals surface area contributed by atoms with Gasteiger partial charge in [-0.3, -0.25) is 9.59 Å². The van der Waals surface area contributed by atoms with E-state index in [2.05, 4.69) is 17.2 Å². The molecule has 0 spiro atoms. The Morgan fingerprint density at radius 1 is 1.18 bits per heavy atom. The minimum Gasteiger partial charge on any atom is -0.431 e. The molecule has 0 bridgehead atoms. The van der Waals surface area contributed by atoms with Crippen molar-refractivity contribution < 1.29 is 14.3 Å². The number of aryl methyl sites for hydroxylation is 1. The Balaban J connectivity index is 1.46. The fourth-order valence-corrected chi connectivity index (χ4v) is 3.71. The lowest BCUT2D eigenvalue weighted by Gasteiger charge is -2.07. The lowest BCUT2D eigenvalue weighted by atomic mass is 10.1. The van der Waals surface area contributed by atoms with Gasteiger partial charge in [-0.05, 0) is 29.2 Å². The lowest BCUT2D eigenvalue weighted by molar-refractivity contribution is -0.120. The summed E-state index contributed by atoms with van der Waals surface area (Å²) in [4.78, 5) is 25.4. The second-order valence-electron chi connectivity index (χ2n) is 7.94. The Hall–Kier alpha value is -3.79. The van der Waals surface area contributed by atoms with E-state index in [9.17, 15) is 14.7 Å². The Morgan fingerprint density at radius 2 is 1.91 bits per heavy atom. The molecule has 172 valence electrons. The van der Waals surface area contributed by atoms with Crippen LogP contribution in [-0.4, -0.2) is 15.6 Å². The molecule has 0 aliphatic rings. The quantitative estimate of drug-likeness (QED) is 0.412. The van der Waals surface area contributed by atoms with Gasteiger partial charge in [-0.15, -0.1) is 0 Å². The number of aliphatic hydroxyl groups is 1. The average molecular weight is 475 g/mol. The summed E-state index contributed by atoms with van der Waals surface area (Å²) in [6, 6.07) is 18.0. The smallest absolute Gasteiger partial charge is 0.224 e. The highest BCUT2D eigenvalue weighted by molar-refractivity contribution is 6.30. The van der Waals surface area contributed by atoms with Crippen LogP contribution in [0.1, 0.15) is 35.0 Å². The van der Waals surface area contributed by atoms with E-state index < -0.39 is 6.10 Å². The van der Waals surface area contributed by atoms with Gasteiger partial charge in [0.25, 0.3) is 0 Å². The predicted molar refractivity (Wildman–Crippen MR) is 131 cm³/mol. The summed E-state index contributed by atoms with van der Waals surface area (Å²) in [5, 5.41) is 14.1. The molecule has 2 heterocycles. The van der Waals surface area contributed by atoms with Crippen molar-refractivity contribution in [1.29, 1.82) is 0 Å². The van der Waals surface area contributed by atoms with Crippen LogP contribution in [0, 0.1) is 11.8 Å². The first-order valence-corrected chi connectivity index (χ1v) is 11.1. The fraction of sp³-hybridized carbons (Fsp3) is 0.185. The lowest BCUT2D eigenvalue weighted by Crippen LogP contribution is -2.27. The number of rotatable bonds is 6. The summed E-state index contributed by atoms with van der Waals surface area (Å²) in [5.41, 5.74) is 2.17. The number of halogens is 1. The Kier molecular flexibility index (Phi) is 7.17. The van der Waals surface area contributed by atoms with Gasteiger partial charge in [0.15, 0.2) is 11.2 Å². The van der Waals surface area contributed by atoms with E-state index in [1.807, 2.05) is 42.5 Å². The van der Waals surface area contributed by atoms with Crippen molar-refractivity contribution in [3.63, 3.8) is 0 Å². The van der Waals surface area contributed by atoms with Crippen LogP contribution in [0.2, 0.25) is 5.02 Å². The molecule has 4 aromatic rings. The van der Waals surface area contributed by atoms with Crippen LogP contribution >= 0.6 is 11.6 Å². The van der Waals surface area contributed by atoms with Crippen LogP contribution in [0.4, 0.5) is 0 Å². The number of pyridine rings is 1. The minimum atomic E-state index is -0.706. The van der Waals surface area contributed by atoms with Gasteiger partial charge in [0.05, 0.1) is 17.9 Å². The second kappa shape index (κ2) is 10.4. The van der Waals surface area contributed by atoms with Crippen molar-refractivity contribution in [3.8, 4) is 11.8 Å². The van der Waals surface area contributed by atoms with E-state index in [4.69, 9.17) is 16.0 Å². The molecule has 1 amide bonds. The maximum absolute atomic E-state index is 13.0. The van der Waals surface area contributed by atoms with Gasteiger partial charge in [-0.25, -0.2) is 0 Å². The number of aliphatic hydroxyl groups excluding tert-OH is 1. The van der Waals surface area contributed by atoms with Crippen LogP contribution in [0.3, 0.4) is 0 Å². The fourth-order valence-electron chi connectivity index (χ4n) is 3.58. The van der Waals surface area contributed by atoms with Crippen LogP contribution in [-0.2, 0) is 24.8 Å². The van der Waals surface area contributed by atoms with Crippen LogP contribution < -0.4 is 10.7 Å². The molecular formula is C27H23ClN2O4. The van der Waals surface area contributed by atoms with Gasteiger partial charge >= 0.3 is 0 Å². The van der Waals surface area contributed by atoms with E-state index in [-0.39, 0.29) is 24.2 Å². The number of furan rings is 1. The zero-order chi connectivity index (χ0) is 24.1. The number of benzene rings is 2. The van der Waals surface area contributed by atoms with E-state index in [1.54, 1.807) is 36.0 Å². The maximum Gasteiger partial charge on any atom is 0.224 e. The highest BCUT2D eigenvalue weighted by atomic mass is 35.5. The Morgan fingerprint density at radius 3 is 2.65 bits per heavy atom. The molecular weight excluding hydrogens is 452 g/mol. The molecule has 2 N–H and O–H groups in total. The molecule has 1 atom stereocenters. The second-order valence-corrected chi connectivity index (χ2v) is 8.37. The number of carbonyl (C=O) groups excluding carboxylic acids is 1. The Labute approximate surface area is 201 Å². The van der Waals surface area contributed by atoms with Gasteiger partial charge < -0.3 is 19.4 Å². The largest absolute Gasteiger partial charge is 0.431 e. The number of fused-ring (bicyclic) bond motifs is 1. The summed E-state index contributed by atoms with van der Waals surface area (Å²) in [6.45, 7) is 0.346. The standard InChI is InChI=1S/C27H23ClN2O4/c1-30-17-20(14-25(32)29-16-18-10-12-21(28)13-11-18)26(33)23-15-22(34-27(23)30)8-5-9-24(31)19-6-3-2-4-7-19/h2-4,6-7,10-13,15,17,24,31H,9,14,16H2,1H3,(H,29,32). The highest BCUT2D eigenvalue weighted by Crippen LogP contribution is 2.18. The molecule has 0 aliphatic carbocycles. The summed E-state index contributed by atoms with van der Waals surface area (Å²) in [6.07, 6.45) is 1.08. The van der Waals surface area contributed by atoms with E-state index >= 15 is 0 Å². The monoisotopic (exact) mass is 474 g/mol. The molecule has 2 aromatic heterocycles. The molecule has 7 heteroatoms. The van der Waals surface area contributed by atoms with Crippen molar-refractivity contribution in [3.05, 3.63) is 105 Å². The summed E-state index contributed by atoms with van der Waals surface area (Å²) in [5.74, 6) is 5.85. The third kappa shape index (κ3) is 5.57. The number of hydrogen-bond acceptors (Lipinski definition) is 4. The zero-order valence-corrected chi connectivity index (χ0v) is 19.3. The molecule has 0 aliphatic heterocycles. The van der Waals surface area contributed by atoms with Crippen LogP contribution in [0.25, 0.3) is 11.1 Å². The summed E-state index contributed by atoms with van der Waals surface area (Å²) in [7, 11) is 1.75. The average Bonchev–Trinajstić information content (AvgIpc) is 3.27. The molecule has 0 saturated heterocycles. The molecule has 0 fully saturated rings. The normalized spacial score (nSPS) is 11.6. The maximum atomic E-state index is 13.0. The van der Waals surface area contributed by atoms with E-state index in [0.717, 1.165) is 11.1 Å². The first kappa shape index (κ1) is 23.4. The third-order valence-corrected chi connectivity index (χ3v) is 5.62. The van der Waals surface area contributed by atoms with Gasteiger partial charge in [-0.1, -0.05) is 60.0 Å². The van der Waals surface area contributed by atoms with Gasteiger partial charge in [0, 0.05) is 42.9 Å². The first-order valence-electron chi connectivity index (χ1n) is 10.8. The number of nitrogens with zero attached hydrogens (tertiary/aromatic N) is 1. The van der Waals surface area contributed by atoms with Crippen molar-refractivity contribution in [2.24, 2.45) is 7.05 Å². The highest BCUT2D eigenvalue weighted by Gasteiger charge is 2.15. The molecule has 0 saturated carbocycles. The number of amides is 1. The topological polar surface area (TPSA) is 84.5 Å². The molecule has 6 nitrogen and oxygen atoms in total. The molecule has 4 rings (SSSR count). The number of carbonyl (C=O) groups is 1. The molecule has 2 aromatic carbocycles. The van der Waals surface area contributed by atoms with Gasteiger partial charge in [0.2, 0.25) is 11.6 Å². The van der Waals surface area contributed by atoms with Gasteiger partial charge in [-0.2, -0.15) is 0 Å². The number of hydrogen-bond donors (Lipinski definition) is 2. The van der Waals surface area contributed by atoms with Gasteiger partial charge in [0.1, 0.15) is 0 Å². The first-order chi connectivity index (χ1) is 16.4. The molecule has 1 unspecified atom stereocenters. The SMILES string of the molecule is Cn1cc(CC(=O)NCc2ccc(Cl)cc2)c(=O)c2cc(C#CCC(O)c3ccccc3)oc21. The van der Waals surface area contributed by atoms with Crippen molar-refractivity contribution in [2.45, 2.75) is 25.5 Å². The molecule has 0 radical (unpaired) electrons. The van der Waals surface area contributed by atoms with Crippen molar-refractivity contribution >= 4 is 28.6 Å². The number of nitrogens with one attached hydrogen (secondary N) is 1. The number of aromatic nitrogens is 1.